The van der Waals surface area contributed by atoms with E-state index in [9.17, 15) is 9.59 Å². The Balaban J connectivity index is 2.00. The number of aromatic carboxylic acids is 1. The summed E-state index contributed by atoms with van der Waals surface area (Å²) in [6.45, 7) is 0. The highest BCUT2D eigenvalue weighted by atomic mass is 35.5. The third-order valence-electron chi connectivity index (χ3n) is 2.22. The SMILES string of the molecule is O=C(CSc1nccs1)Nc1cc(C(=O)O)ccc1Cl. The molecule has 0 aliphatic carbocycles. The van der Waals surface area contributed by atoms with Gasteiger partial charge < -0.3 is 10.4 Å². The van der Waals surface area contributed by atoms with Crippen molar-refractivity contribution in [2.75, 3.05) is 11.1 Å². The lowest BCUT2D eigenvalue weighted by molar-refractivity contribution is -0.113. The van der Waals surface area contributed by atoms with Crippen molar-refractivity contribution in [2.24, 2.45) is 0 Å². The average molecular weight is 329 g/mol. The molecule has 8 heteroatoms. The van der Waals surface area contributed by atoms with Crippen molar-refractivity contribution in [1.29, 1.82) is 0 Å². The molecule has 0 fully saturated rings. The van der Waals surface area contributed by atoms with Gasteiger partial charge in [0.1, 0.15) is 4.34 Å². The van der Waals surface area contributed by atoms with E-state index in [4.69, 9.17) is 16.7 Å². The summed E-state index contributed by atoms with van der Waals surface area (Å²) in [6, 6.07) is 4.15. The first kappa shape index (κ1) is 14.8. The number of carbonyl (C=O) groups excluding carboxylic acids is 1. The molecule has 1 aromatic carbocycles. The standard InChI is InChI=1S/C12H9ClN2O3S2/c13-8-2-1-7(11(17)18)5-9(8)15-10(16)6-20-12-14-3-4-19-12/h1-5H,6H2,(H,15,16)(H,17,18). The molecule has 2 rings (SSSR count). The van der Waals surface area contributed by atoms with Crippen LogP contribution < -0.4 is 5.32 Å². The Hall–Kier alpha value is -1.57. The van der Waals surface area contributed by atoms with Gasteiger partial charge in [-0.05, 0) is 18.2 Å². The van der Waals surface area contributed by atoms with Gasteiger partial charge in [0.2, 0.25) is 5.91 Å². The Labute approximate surface area is 128 Å². The highest BCUT2D eigenvalue weighted by Gasteiger charge is 2.11. The van der Waals surface area contributed by atoms with Crippen LogP contribution in [0.15, 0.2) is 34.1 Å². The van der Waals surface area contributed by atoms with E-state index in [1.165, 1.54) is 41.3 Å². The van der Waals surface area contributed by atoms with Gasteiger partial charge in [-0.25, -0.2) is 9.78 Å². The fourth-order valence-corrected chi connectivity index (χ4v) is 2.95. The molecule has 5 nitrogen and oxygen atoms in total. The molecule has 2 N–H and O–H groups in total. The van der Waals surface area contributed by atoms with Crippen LogP contribution in [0.1, 0.15) is 10.4 Å². The van der Waals surface area contributed by atoms with Crippen LogP contribution in [0, 0.1) is 0 Å². The van der Waals surface area contributed by atoms with Gasteiger partial charge in [-0.3, -0.25) is 4.79 Å². The first-order valence-corrected chi connectivity index (χ1v) is 7.65. The second-order valence-electron chi connectivity index (χ2n) is 3.63. The Kier molecular flexibility index (Phi) is 4.99. The van der Waals surface area contributed by atoms with E-state index < -0.39 is 5.97 Å². The zero-order chi connectivity index (χ0) is 14.5. The Morgan fingerprint density at radius 1 is 1.45 bits per heavy atom. The van der Waals surface area contributed by atoms with Crippen molar-refractivity contribution < 1.29 is 14.7 Å². The zero-order valence-electron chi connectivity index (χ0n) is 10.00. The predicted molar refractivity (Wildman–Crippen MR) is 79.9 cm³/mol. The normalized spacial score (nSPS) is 10.2. The lowest BCUT2D eigenvalue weighted by atomic mass is 10.2. The number of hydrogen-bond acceptors (Lipinski definition) is 5. The zero-order valence-corrected chi connectivity index (χ0v) is 12.4. The van der Waals surface area contributed by atoms with E-state index in [2.05, 4.69) is 10.3 Å². The largest absolute Gasteiger partial charge is 0.478 e. The van der Waals surface area contributed by atoms with E-state index >= 15 is 0 Å². The molecule has 104 valence electrons. The van der Waals surface area contributed by atoms with E-state index in [0.29, 0.717) is 5.02 Å². The predicted octanol–water partition coefficient (Wildman–Crippen LogP) is 3.23. The van der Waals surface area contributed by atoms with E-state index in [1.54, 1.807) is 6.20 Å². The number of thioether (sulfide) groups is 1. The summed E-state index contributed by atoms with van der Waals surface area (Å²) < 4.78 is 0.797. The summed E-state index contributed by atoms with van der Waals surface area (Å²) >= 11 is 8.68. The summed E-state index contributed by atoms with van der Waals surface area (Å²) in [5, 5.41) is 13.6. The number of rotatable bonds is 5. The molecule has 0 saturated carbocycles. The molecule has 0 atom stereocenters. The molecule has 0 aliphatic rings. The number of hydrogen-bond donors (Lipinski definition) is 2. The summed E-state index contributed by atoms with van der Waals surface area (Å²) in [5.41, 5.74) is 0.355. The second kappa shape index (κ2) is 6.74. The highest BCUT2D eigenvalue weighted by Crippen LogP contribution is 2.24. The average Bonchev–Trinajstić information content (AvgIpc) is 2.92. The maximum absolute atomic E-state index is 11.8. The molecule has 1 aromatic heterocycles. The van der Waals surface area contributed by atoms with Gasteiger partial charge >= 0.3 is 5.97 Å². The minimum atomic E-state index is -1.07. The number of thiazole rings is 1. The molecule has 2 aromatic rings. The number of halogens is 1. The maximum atomic E-state index is 11.8. The summed E-state index contributed by atoms with van der Waals surface area (Å²) in [5.74, 6) is -1.16. The Bertz CT molecular complexity index is 632. The van der Waals surface area contributed by atoms with Gasteiger partial charge in [0.15, 0.2) is 0 Å². The van der Waals surface area contributed by atoms with Crippen molar-refractivity contribution in [2.45, 2.75) is 4.34 Å². The highest BCUT2D eigenvalue weighted by molar-refractivity contribution is 8.01. The van der Waals surface area contributed by atoms with Crippen LogP contribution in [0.2, 0.25) is 5.02 Å². The first-order chi connectivity index (χ1) is 9.56. The van der Waals surface area contributed by atoms with Gasteiger partial charge in [0.25, 0.3) is 0 Å². The monoisotopic (exact) mass is 328 g/mol. The fraction of sp³-hybridized carbons (Fsp3) is 0.0833. The molecule has 0 aliphatic heterocycles. The number of carbonyl (C=O) groups is 2. The van der Waals surface area contributed by atoms with Crippen molar-refractivity contribution in [3.8, 4) is 0 Å². The molecular weight excluding hydrogens is 320 g/mol. The van der Waals surface area contributed by atoms with Gasteiger partial charge in [-0.15, -0.1) is 11.3 Å². The van der Waals surface area contributed by atoms with E-state index in [1.807, 2.05) is 5.38 Å². The maximum Gasteiger partial charge on any atom is 0.335 e. The van der Waals surface area contributed by atoms with Crippen LogP contribution in [0.25, 0.3) is 0 Å². The third kappa shape index (κ3) is 3.96. The van der Waals surface area contributed by atoms with E-state index in [0.717, 1.165) is 4.34 Å². The molecule has 0 radical (unpaired) electrons. The molecule has 0 saturated heterocycles. The van der Waals surface area contributed by atoms with Crippen LogP contribution >= 0.6 is 34.7 Å². The van der Waals surface area contributed by atoms with Crippen molar-refractivity contribution >= 4 is 52.3 Å². The molecule has 0 bridgehead atoms. The van der Waals surface area contributed by atoms with Crippen LogP contribution in [0.4, 0.5) is 5.69 Å². The lowest BCUT2D eigenvalue weighted by Gasteiger charge is -2.07. The van der Waals surface area contributed by atoms with Gasteiger partial charge in [-0.2, -0.15) is 0 Å². The van der Waals surface area contributed by atoms with Crippen LogP contribution in [-0.2, 0) is 4.79 Å². The number of nitrogens with one attached hydrogen (secondary N) is 1. The van der Waals surface area contributed by atoms with Gasteiger partial charge in [0.05, 0.1) is 22.0 Å². The van der Waals surface area contributed by atoms with Gasteiger partial charge in [-0.1, -0.05) is 23.4 Å². The number of anilines is 1. The Morgan fingerprint density at radius 3 is 2.90 bits per heavy atom. The van der Waals surface area contributed by atoms with Gasteiger partial charge in [0, 0.05) is 11.6 Å². The van der Waals surface area contributed by atoms with Crippen molar-refractivity contribution in [3.63, 3.8) is 0 Å². The van der Waals surface area contributed by atoms with Crippen LogP contribution in [0.3, 0.4) is 0 Å². The molecule has 0 spiro atoms. The molecule has 1 heterocycles. The summed E-state index contributed by atoms with van der Waals surface area (Å²) in [6.07, 6.45) is 1.66. The second-order valence-corrected chi connectivity index (χ2v) is 6.16. The molecular formula is C12H9ClN2O3S2. The molecule has 1 amide bonds. The first-order valence-electron chi connectivity index (χ1n) is 5.41. The minimum absolute atomic E-state index is 0.0669. The summed E-state index contributed by atoms with van der Waals surface area (Å²) in [7, 11) is 0. The number of carboxylic acids is 1. The topological polar surface area (TPSA) is 79.3 Å². The smallest absolute Gasteiger partial charge is 0.335 e. The fourth-order valence-electron chi connectivity index (χ4n) is 1.35. The number of aromatic nitrogens is 1. The number of amides is 1. The number of carboxylic acid groups (broad SMARTS) is 1. The quantitative estimate of drug-likeness (QED) is 0.824. The number of benzene rings is 1. The lowest BCUT2D eigenvalue weighted by Crippen LogP contribution is -2.14. The molecule has 20 heavy (non-hydrogen) atoms. The molecule has 0 unspecified atom stereocenters. The minimum Gasteiger partial charge on any atom is -0.478 e. The summed E-state index contributed by atoms with van der Waals surface area (Å²) in [4.78, 5) is 26.7. The third-order valence-corrected chi connectivity index (χ3v) is 4.52. The van der Waals surface area contributed by atoms with Crippen molar-refractivity contribution in [3.05, 3.63) is 40.4 Å². The van der Waals surface area contributed by atoms with Crippen LogP contribution in [0.5, 0.6) is 0 Å². The van der Waals surface area contributed by atoms with Crippen LogP contribution in [-0.4, -0.2) is 27.7 Å². The van der Waals surface area contributed by atoms with E-state index in [-0.39, 0.29) is 22.9 Å². The number of nitrogens with zero attached hydrogens (tertiary/aromatic N) is 1. The van der Waals surface area contributed by atoms with Crippen molar-refractivity contribution in [1.82, 2.24) is 4.98 Å². The Morgan fingerprint density at radius 2 is 2.25 bits per heavy atom.